The normalized spacial score (nSPS) is 12.5. The molecule has 4 heteroatoms. The third-order valence-electron chi connectivity index (χ3n) is 2.30. The van der Waals surface area contributed by atoms with Gasteiger partial charge in [-0.05, 0) is 32.4 Å². The number of rotatable bonds is 5. The van der Waals surface area contributed by atoms with Gasteiger partial charge in [0, 0.05) is 4.47 Å². The van der Waals surface area contributed by atoms with Crippen LogP contribution < -0.4 is 5.32 Å². The molecule has 1 atom stereocenters. The molecule has 1 rings (SSSR count). The molecular formula is C13H18BrNO2. The number of amides is 1. The van der Waals surface area contributed by atoms with Gasteiger partial charge in [0.2, 0.25) is 5.91 Å². The molecule has 1 aromatic rings. The van der Waals surface area contributed by atoms with Crippen molar-refractivity contribution in [3.8, 4) is 0 Å². The second-order valence-electron chi connectivity index (χ2n) is 4.17. The van der Waals surface area contributed by atoms with Gasteiger partial charge in [-0.1, -0.05) is 34.1 Å². The summed E-state index contributed by atoms with van der Waals surface area (Å²) in [5, 5.41) is 2.90. The first-order chi connectivity index (χ1) is 8.00. The fraction of sp³-hybridized carbons (Fsp3) is 0.462. The monoisotopic (exact) mass is 299 g/mol. The fourth-order valence-corrected chi connectivity index (χ4v) is 2.06. The molecular weight excluding hydrogens is 282 g/mol. The third-order valence-corrected chi connectivity index (χ3v) is 3.02. The summed E-state index contributed by atoms with van der Waals surface area (Å²) in [6.45, 7) is 5.87. The van der Waals surface area contributed by atoms with E-state index in [-0.39, 0.29) is 24.7 Å². The molecule has 94 valence electrons. The van der Waals surface area contributed by atoms with Crippen LogP contribution in [0.1, 0.15) is 32.4 Å². The van der Waals surface area contributed by atoms with Gasteiger partial charge in [-0.3, -0.25) is 4.79 Å². The summed E-state index contributed by atoms with van der Waals surface area (Å²) in [5.74, 6) is -0.0954. The molecule has 0 aliphatic carbocycles. The molecule has 0 spiro atoms. The SMILES string of the molecule is CC(C)OCC(=O)N[C@H](C)c1ccccc1Br. The summed E-state index contributed by atoms with van der Waals surface area (Å²) in [4.78, 5) is 11.6. The highest BCUT2D eigenvalue weighted by molar-refractivity contribution is 9.10. The third kappa shape index (κ3) is 4.88. The quantitative estimate of drug-likeness (QED) is 0.907. The first kappa shape index (κ1) is 14.2. The van der Waals surface area contributed by atoms with Crippen molar-refractivity contribution < 1.29 is 9.53 Å². The Bertz CT molecular complexity index is 379. The molecule has 1 aromatic carbocycles. The standard InChI is InChI=1S/C13H18BrNO2/c1-9(2)17-8-13(16)15-10(3)11-6-4-5-7-12(11)14/h4-7,9-10H,8H2,1-3H3,(H,15,16)/t10-/m1/s1. The lowest BCUT2D eigenvalue weighted by molar-refractivity contribution is -0.127. The van der Waals surface area contributed by atoms with Crippen molar-refractivity contribution in [2.75, 3.05) is 6.61 Å². The van der Waals surface area contributed by atoms with Crippen LogP contribution in [0.3, 0.4) is 0 Å². The lowest BCUT2D eigenvalue weighted by atomic mass is 10.1. The van der Waals surface area contributed by atoms with E-state index in [2.05, 4.69) is 21.2 Å². The molecule has 0 aliphatic rings. The van der Waals surface area contributed by atoms with Gasteiger partial charge in [-0.15, -0.1) is 0 Å². The van der Waals surface area contributed by atoms with E-state index in [0.29, 0.717) is 0 Å². The molecule has 0 aliphatic heterocycles. The number of carbonyl (C=O) groups excluding carboxylic acids is 1. The summed E-state index contributed by atoms with van der Waals surface area (Å²) in [6, 6.07) is 7.81. The van der Waals surface area contributed by atoms with Gasteiger partial charge in [-0.25, -0.2) is 0 Å². The van der Waals surface area contributed by atoms with Crippen LogP contribution >= 0.6 is 15.9 Å². The number of carbonyl (C=O) groups is 1. The predicted octanol–water partition coefficient (Wildman–Crippen LogP) is 3.05. The minimum Gasteiger partial charge on any atom is -0.369 e. The molecule has 3 nitrogen and oxygen atoms in total. The number of ether oxygens (including phenoxy) is 1. The first-order valence-corrected chi connectivity index (χ1v) is 6.45. The van der Waals surface area contributed by atoms with Crippen molar-refractivity contribution in [3.63, 3.8) is 0 Å². The number of hydrogen-bond donors (Lipinski definition) is 1. The van der Waals surface area contributed by atoms with Gasteiger partial charge in [-0.2, -0.15) is 0 Å². The van der Waals surface area contributed by atoms with Gasteiger partial charge in [0.05, 0.1) is 12.1 Å². The Morgan fingerprint density at radius 3 is 2.59 bits per heavy atom. The highest BCUT2D eigenvalue weighted by Gasteiger charge is 2.12. The van der Waals surface area contributed by atoms with Crippen LogP contribution in [0.25, 0.3) is 0 Å². The largest absolute Gasteiger partial charge is 0.369 e. The van der Waals surface area contributed by atoms with E-state index < -0.39 is 0 Å². The molecule has 0 bridgehead atoms. The second kappa shape index (κ2) is 6.77. The molecule has 1 N–H and O–H groups in total. The smallest absolute Gasteiger partial charge is 0.246 e. The molecule has 0 fully saturated rings. The van der Waals surface area contributed by atoms with Gasteiger partial charge in [0.15, 0.2) is 0 Å². The van der Waals surface area contributed by atoms with Crippen LogP contribution in [0, 0.1) is 0 Å². The van der Waals surface area contributed by atoms with Crippen molar-refractivity contribution in [1.29, 1.82) is 0 Å². The van der Waals surface area contributed by atoms with E-state index in [1.54, 1.807) is 0 Å². The minimum atomic E-state index is -0.0954. The molecule has 17 heavy (non-hydrogen) atoms. The van der Waals surface area contributed by atoms with Crippen LogP contribution in [0.5, 0.6) is 0 Å². The Kier molecular flexibility index (Phi) is 5.65. The highest BCUT2D eigenvalue weighted by atomic mass is 79.9. The van der Waals surface area contributed by atoms with E-state index in [0.717, 1.165) is 10.0 Å². The van der Waals surface area contributed by atoms with Crippen LogP contribution in [0.2, 0.25) is 0 Å². The molecule has 0 saturated heterocycles. The number of hydrogen-bond acceptors (Lipinski definition) is 2. The molecule has 1 amide bonds. The minimum absolute atomic E-state index is 0.0335. The summed E-state index contributed by atoms with van der Waals surface area (Å²) < 4.78 is 6.24. The molecule has 0 aromatic heterocycles. The van der Waals surface area contributed by atoms with Crippen molar-refractivity contribution >= 4 is 21.8 Å². The van der Waals surface area contributed by atoms with Crippen molar-refractivity contribution in [2.24, 2.45) is 0 Å². The Morgan fingerprint density at radius 2 is 2.00 bits per heavy atom. The van der Waals surface area contributed by atoms with E-state index in [1.807, 2.05) is 45.0 Å². The van der Waals surface area contributed by atoms with E-state index >= 15 is 0 Å². The lowest BCUT2D eigenvalue weighted by Gasteiger charge is -2.16. The summed E-state index contributed by atoms with van der Waals surface area (Å²) in [7, 11) is 0. The summed E-state index contributed by atoms with van der Waals surface area (Å²) in [6.07, 6.45) is 0.0690. The average molecular weight is 300 g/mol. The van der Waals surface area contributed by atoms with Crippen LogP contribution in [0.15, 0.2) is 28.7 Å². The van der Waals surface area contributed by atoms with Crippen molar-refractivity contribution in [1.82, 2.24) is 5.32 Å². The van der Waals surface area contributed by atoms with E-state index in [4.69, 9.17) is 4.74 Å². The Labute approximate surface area is 111 Å². The highest BCUT2D eigenvalue weighted by Crippen LogP contribution is 2.22. The molecule has 0 unspecified atom stereocenters. The number of nitrogens with one attached hydrogen (secondary N) is 1. The zero-order valence-electron chi connectivity index (χ0n) is 10.4. The lowest BCUT2D eigenvalue weighted by Crippen LogP contribution is -2.31. The Balaban J connectivity index is 2.52. The van der Waals surface area contributed by atoms with Crippen LogP contribution in [-0.4, -0.2) is 18.6 Å². The van der Waals surface area contributed by atoms with Gasteiger partial charge in [0.1, 0.15) is 6.61 Å². The van der Waals surface area contributed by atoms with Crippen LogP contribution in [-0.2, 0) is 9.53 Å². The summed E-state index contributed by atoms with van der Waals surface area (Å²) in [5.41, 5.74) is 1.06. The predicted molar refractivity (Wildman–Crippen MR) is 71.8 cm³/mol. The number of halogens is 1. The van der Waals surface area contributed by atoms with E-state index in [1.165, 1.54) is 0 Å². The van der Waals surface area contributed by atoms with E-state index in [9.17, 15) is 4.79 Å². The molecule has 0 heterocycles. The van der Waals surface area contributed by atoms with Gasteiger partial charge in [0.25, 0.3) is 0 Å². The Hall–Kier alpha value is -0.870. The zero-order valence-corrected chi connectivity index (χ0v) is 12.0. The zero-order chi connectivity index (χ0) is 12.8. The van der Waals surface area contributed by atoms with Crippen molar-refractivity contribution in [2.45, 2.75) is 32.9 Å². The topological polar surface area (TPSA) is 38.3 Å². The first-order valence-electron chi connectivity index (χ1n) is 5.66. The van der Waals surface area contributed by atoms with Gasteiger partial charge >= 0.3 is 0 Å². The maximum Gasteiger partial charge on any atom is 0.246 e. The van der Waals surface area contributed by atoms with Gasteiger partial charge < -0.3 is 10.1 Å². The molecule has 0 saturated carbocycles. The fourth-order valence-electron chi connectivity index (χ4n) is 1.43. The Morgan fingerprint density at radius 1 is 1.35 bits per heavy atom. The average Bonchev–Trinajstić information content (AvgIpc) is 2.26. The maximum absolute atomic E-state index is 11.6. The van der Waals surface area contributed by atoms with Crippen molar-refractivity contribution in [3.05, 3.63) is 34.3 Å². The summed E-state index contributed by atoms with van der Waals surface area (Å²) >= 11 is 3.47. The van der Waals surface area contributed by atoms with Crippen LogP contribution in [0.4, 0.5) is 0 Å². The maximum atomic E-state index is 11.6. The number of benzene rings is 1. The molecule has 0 radical (unpaired) electrons. The second-order valence-corrected chi connectivity index (χ2v) is 5.02.